The fourth-order valence-corrected chi connectivity index (χ4v) is 4.06. The molecule has 0 aliphatic carbocycles. The molecule has 0 amide bonds. The molecule has 108 valence electrons. The van der Waals surface area contributed by atoms with Crippen LogP contribution in [-0.2, 0) is 23.5 Å². The zero-order valence-corrected chi connectivity index (χ0v) is 13.2. The average Bonchev–Trinajstić information content (AvgIpc) is 2.99. The molecule has 0 fully saturated rings. The van der Waals surface area contributed by atoms with E-state index in [4.69, 9.17) is 18.0 Å². The molecule has 0 aliphatic rings. The van der Waals surface area contributed by atoms with Gasteiger partial charge >= 0.3 is 0 Å². The van der Waals surface area contributed by atoms with Gasteiger partial charge in [0.25, 0.3) is 0 Å². The monoisotopic (exact) mass is 330 g/mol. The van der Waals surface area contributed by atoms with Crippen LogP contribution >= 0.6 is 23.6 Å². The summed E-state index contributed by atoms with van der Waals surface area (Å²) in [5, 5.41) is 4.03. The van der Waals surface area contributed by atoms with Crippen molar-refractivity contribution < 1.29 is 8.42 Å². The first-order chi connectivity index (χ1) is 9.40. The van der Waals surface area contributed by atoms with Crippen LogP contribution in [0.15, 0.2) is 28.6 Å². The molecule has 0 aromatic carbocycles. The Labute approximate surface area is 126 Å². The molecule has 20 heavy (non-hydrogen) atoms. The second kappa shape index (κ2) is 6.00. The van der Waals surface area contributed by atoms with Gasteiger partial charge in [0.2, 0.25) is 10.0 Å². The van der Waals surface area contributed by atoms with E-state index < -0.39 is 10.0 Å². The van der Waals surface area contributed by atoms with Gasteiger partial charge in [-0.05, 0) is 18.2 Å². The van der Waals surface area contributed by atoms with E-state index in [1.165, 1.54) is 6.07 Å². The molecule has 0 saturated carbocycles. The van der Waals surface area contributed by atoms with Crippen molar-refractivity contribution >= 4 is 38.6 Å². The van der Waals surface area contributed by atoms with Crippen molar-refractivity contribution in [1.82, 2.24) is 14.5 Å². The first-order valence-corrected chi connectivity index (χ1v) is 8.47. The van der Waals surface area contributed by atoms with Crippen LogP contribution in [-0.4, -0.2) is 29.7 Å². The second-order valence-electron chi connectivity index (χ2n) is 4.08. The number of thiocarbonyl (C=S) groups is 1. The van der Waals surface area contributed by atoms with Crippen LogP contribution in [0.2, 0.25) is 0 Å². The summed E-state index contributed by atoms with van der Waals surface area (Å²) in [6, 6.07) is 4.97. The maximum Gasteiger partial charge on any atom is 0.250 e. The van der Waals surface area contributed by atoms with Gasteiger partial charge in [0.05, 0.1) is 4.88 Å². The molecular formula is C11H14N4O2S3. The number of thiophene rings is 1. The predicted molar refractivity (Wildman–Crippen MR) is 82.3 cm³/mol. The van der Waals surface area contributed by atoms with Gasteiger partial charge in [0.15, 0.2) is 0 Å². The lowest BCUT2D eigenvalue weighted by atomic mass is 10.3. The van der Waals surface area contributed by atoms with E-state index in [-0.39, 0.29) is 9.20 Å². The minimum atomic E-state index is -3.52. The van der Waals surface area contributed by atoms with Gasteiger partial charge in [-0.15, -0.1) is 11.3 Å². The molecule has 9 heteroatoms. The number of aryl methyl sites for hydroxylation is 1. The molecule has 0 aliphatic heterocycles. The molecule has 3 N–H and O–H groups in total. The number of nitrogens with one attached hydrogen (secondary N) is 1. The third-order valence-corrected chi connectivity index (χ3v) is 6.11. The largest absolute Gasteiger partial charge is 0.389 e. The Morgan fingerprint density at radius 2 is 2.25 bits per heavy atom. The van der Waals surface area contributed by atoms with Gasteiger partial charge in [0, 0.05) is 31.9 Å². The van der Waals surface area contributed by atoms with Gasteiger partial charge in [-0.3, -0.25) is 4.68 Å². The average molecular weight is 330 g/mol. The topological polar surface area (TPSA) is 90.0 Å². The lowest BCUT2D eigenvalue weighted by molar-refractivity contribution is 0.582. The van der Waals surface area contributed by atoms with Crippen molar-refractivity contribution in [2.45, 2.75) is 10.6 Å². The molecule has 6 nitrogen and oxygen atoms in total. The molecule has 2 aromatic heterocycles. The van der Waals surface area contributed by atoms with Crippen molar-refractivity contribution in [3.8, 4) is 0 Å². The molecule has 2 rings (SSSR count). The van der Waals surface area contributed by atoms with Crippen molar-refractivity contribution in [3.05, 3.63) is 35.0 Å². The summed E-state index contributed by atoms with van der Waals surface area (Å²) in [7, 11) is -1.70. The second-order valence-corrected chi connectivity index (χ2v) is 7.59. The number of hydrogen-bond donors (Lipinski definition) is 2. The Bertz CT molecular complexity index is 718. The third-order valence-electron chi connectivity index (χ3n) is 2.68. The van der Waals surface area contributed by atoms with Crippen molar-refractivity contribution in [1.29, 1.82) is 0 Å². The predicted octanol–water partition coefficient (Wildman–Crippen LogP) is 0.637. The van der Waals surface area contributed by atoms with Gasteiger partial charge < -0.3 is 5.73 Å². The summed E-state index contributed by atoms with van der Waals surface area (Å²) < 4.78 is 28.6. The van der Waals surface area contributed by atoms with Gasteiger partial charge in [-0.1, -0.05) is 12.2 Å². The van der Waals surface area contributed by atoms with E-state index in [1.807, 2.05) is 13.1 Å². The van der Waals surface area contributed by atoms with Crippen molar-refractivity contribution in [2.24, 2.45) is 12.8 Å². The molecule has 2 aromatic rings. The van der Waals surface area contributed by atoms with E-state index in [9.17, 15) is 8.42 Å². The lowest BCUT2D eigenvalue weighted by Gasteiger charge is -2.05. The van der Waals surface area contributed by atoms with E-state index in [1.54, 1.807) is 16.9 Å². The quantitative estimate of drug-likeness (QED) is 0.759. The fourth-order valence-electron chi connectivity index (χ4n) is 1.63. The highest BCUT2D eigenvalue weighted by Crippen LogP contribution is 2.21. The highest BCUT2D eigenvalue weighted by atomic mass is 32.2. The van der Waals surface area contributed by atoms with Crippen LogP contribution in [0, 0.1) is 0 Å². The van der Waals surface area contributed by atoms with Crippen LogP contribution in [0.4, 0.5) is 0 Å². The minimum absolute atomic E-state index is 0.200. The van der Waals surface area contributed by atoms with Crippen LogP contribution in [0.25, 0.3) is 0 Å². The van der Waals surface area contributed by atoms with Crippen LogP contribution in [0.3, 0.4) is 0 Å². The summed E-state index contributed by atoms with van der Waals surface area (Å²) in [6.07, 6.45) is 2.25. The summed E-state index contributed by atoms with van der Waals surface area (Å²) >= 11 is 5.88. The zero-order chi connectivity index (χ0) is 14.8. The summed E-state index contributed by atoms with van der Waals surface area (Å²) in [5.74, 6) is 0. The zero-order valence-electron chi connectivity index (χ0n) is 10.7. The number of rotatable bonds is 6. The third kappa shape index (κ3) is 3.42. The Kier molecular flexibility index (Phi) is 4.53. The molecule has 0 radical (unpaired) electrons. The maximum absolute atomic E-state index is 12.1. The first kappa shape index (κ1) is 15.1. The number of nitrogens with two attached hydrogens (primary N) is 1. The molecule has 0 saturated heterocycles. The summed E-state index contributed by atoms with van der Waals surface area (Å²) in [5.41, 5.74) is 6.43. The maximum atomic E-state index is 12.1. The highest BCUT2D eigenvalue weighted by Gasteiger charge is 2.17. The normalized spacial score (nSPS) is 11.7. The van der Waals surface area contributed by atoms with E-state index >= 15 is 0 Å². The Balaban J connectivity index is 2.00. The summed E-state index contributed by atoms with van der Waals surface area (Å²) in [6.45, 7) is 0.308. The number of sulfonamides is 1. The number of aromatic nitrogens is 2. The molecule has 0 atom stereocenters. The highest BCUT2D eigenvalue weighted by molar-refractivity contribution is 7.91. The minimum Gasteiger partial charge on any atom is -0.389 e. The van der Waals surface area contributed by atoms with E-state index in [0.717, 1.165) is 17.0 Å². The van der Waals surface area contributed by atoms with Crippen LogP contribution < -0.4 is 10.5 Å². The van der Waals surface area contributed by atoms with E-state index in [2.05, 4.69) is 9.82 Å². The van der Waals surface area contributed by atoms with Crippen LogP contribution in [0.5, 0.6) is 0 Å². The van der Waals surface area contributed by atoms with Gasteiger partial charge in [0.1, 0.15) is 9.20 Å². The molecule has 2 heterocycles. The first-order valence-electron chi connectivity index (χ1n) is 5.76. The SMILES string of the molecule is Cn1nccc1CCNS(=O)(=O)c1ccc(C(N)=S)s1. The molecule has 0 unspecified atom stereocenters. The Morgan fingerprint density at radius 3 is 2.80 bits per heavy atom. The van der Waals surface area contributed by atoms with E-state index in [0.29, 0.717) is 17.8 Å². The van der Waals surface area contributed by atoms with Gasteiger partial charge in [-0.25, -0.2) is 13.1 Å². The number of hydrogen-bond acceptors (Lipinski definition) is 5. The Hall–Kier alpha value is -1.29. The number of nitrogens with zero attached hydrogens (tertiary/aromatic N) is 2. The van der Waals surface area contributed by atoms with Gasteiger partial charge in [-0.2, -0.15) is 5.10 Å². The Morgan fingerprint density at radius 1 is 1.50 bits per heavy atom. The molecule has 0 bridgehead atoms. The summed E-state index contributed by atoms with van der Waals surface area (Å²) in [4.78, 5) is 0.790. The molecule has 0 spiro atoms. The van der Waals surface area contributed by atoms with Crippen molar-refractivity contribution in [2.75, 3.05) is 6.54 Å². The van der Waals surface area contributed by atoms with Crippen LogP contribution in [0.1, 0.15) is 10.6 Å². The molecular weight excluding hydrogens is 316 g/mol. The standard InChI is InChI=1S/C11H14N4O2S3/c1-15-8(4-6-13-15)5-7-14-20(16,17)10-3-2-9(19-10)11(12)18/h2-4,6,14H,5,7H2,1H3,(H2,12,18). The smallest absolute Gasteiger partial charge is 0.250 e. The lowest BCUT2D eigenvalue weighted by Crippen LogP contribution is -2.25. The fraction of sp³-hybridized carbons (Fsp3) is 0.273. The van der Waals surface area contributed by atoms with Crippen molar-refractivity contribution in [3.63, 3.8) is 0 Å².